The predicted octanol–water partition coefficient (Wildman–Crippen LogP) is 5.46. The Bertz CT molecular complexity index is 2490. The van der Waals surface area contributed by atoms with Crippen LogP contribution in [-0.2, 0) is 0 Å². The smallest absolute Gasteiger partial charge is 0.283 e. The highest BCUT2D eigenvalue weighted by atomic mass is 35.5. The van der Waals surface area contributed by atoms with E-state index in [4.69, 9.17) is 23.2 Å². The molecular formula is C36H22Cl2N8O6. The van der Waals surface area contributed by atoms with Crippen molar-refractivity contribution < 1.29 is 19.2 Å². The van der Waals surface area contributed by atoms with Crippen molar-refractivity contribution >= 4 is 80.6 Å². The molecule has 7 rings (SSSR count). The lowest BCUT2D eigenvalue weighted by molar-refractivity contribution is 0.101. The Kier molecular flexibility index (Phi) is 8.90. The predicted molar refractivity (Wildman–Crippen MR) is 195 cm³/mol. The van der Waals surface area contributed by atoms with Gasteiger partial charge in [-0.25, -0.2) is 9.97 Å². The normalized spacial score (nSPS) is 11.0. The van der Waals surface area contributed by atoms with Gasteiger partial charge in [-0.3, -0.25) is 37.6 Å². The maximum Gasteiger partial charge on any atom is 0.283 e. The van der Waals surface area contributed by atoms with Gasteiger partial charge in [0.2, 0.25) is 0 Å². The highest BCUT2D eigenvalue weighted by Crippen LogP contribution is 2.23. The number of anilines is 4. The lowest BCUT2D eigenvalue weighted by atomic mass is 10.2. The first-order chi connectivity index (χ1) is 25.1. The van der Waals surface area contributed by atoms with E-state index >= 15 is 0 Å². The van der Waals surface area contributed by atoms with E-state index in [0.717, 1.165) is 21.5 Å². The molecule has 4 aromatic carbocycles. The summed E-state index contributed by atoms with van der Waals surface area (Å²) in [5, 5.41) is 11.4. The summed E-state index contributed by atoms with van der Waals surface area (Å²) in [6.45, 7) is 0. The number of nitrogens with zero attached hydrogens (tertiary/aromatic N) is 4. The van der Waals surface area contributed by atoms with E-state index in [-0.39, 0.29) is 33.8 Å². The van der Waals surface area contributed by atoms with Crippen LogP contribution in [0.25, 0.3) is 11.0 Å². The number of rotatable bonds is 8. The number of benzene rings is 4. The van der Waals surface area contributed by atoms with Crippen LogP contribution in [0.5, 0.6) is 0 Å². The van der Waals surface area contributed by atoms with Gasteiger partial charge in [0.05, 0.1) is 21.4 Å². The van der Waals surface area contributed by atoms with Gasteiger partial charge in [-0.2, -0.15) is 0 Å². The second-order valence-corrected chi connectivity index (χ2v) is 12.0. The summed E-state index contributed by atoms with van der Waals surface area (Å²) in [7, 11) is 0. The van der Waals surface area contributed by atoms with Crippen molar-refractivity contribution in [3.63, 3.8) is 0 Å². The van der Waals surface area contributed by atoms with E-state index in [0.29, 0.717) is 32.5 Å². The van der Waals surface area contributed by atoms with E-state index < -0.39 is 34.7 Å². The first-order valence-electron chi connectivity index (χ1n) is 15.3. The number of fused-ring (bicyclic) bond motifs is 2. The zero-order valence-corrected chi connectivity index (χ0v) is 27.9. The van der Waals surface area contributed by atoms with Gasteiger partial charge in [-0.05, 0) is 72.8 Å². The van der Waals surface area contributed by atoms with Crippen LogP contribution < -0.4 is 32.4 Å². The number of carbonyl (C=O) groups excluding carboxylic acids is 4. The number of amides is 4. The molecule has 0 radical (unpaired) electrons. The molecule has 0 aliphatic carbocycles. The molecular weight excluding hydrogens is 711 g/mol. The molecule has 14 nitrogen and oxygen atoms in total. The molecule has 3 aromatic heterocycles. The van der Waals surface area contributed by atoms with Gasteiger partial charge >= 0.3 is 0 Å². The number of halogens is 2. The molecule has 52 heavy (non-hydrogen) atoms. The Labute approximate surface area is 302 Å². The molecule has 0 fully saturated rings. The maximum absolute atomic E-state index is 13.5. The Morgan fingerprint density at radius 1 is 0.481 bits per heavy atom. The summed E-state index contributed by atoms with van der Waals surface area (Å²) in [4.78, 5) is 86.9. The average Bonchev–Trinajstić information content (AvgIpc) is 3.80. The molecule has 7 aromatic rings. The summed E-state index contributed by atoms with van der Waals surface area (Å²) in [5.74, 6) is -2.44. The van der Waals surface area contributed by atoms with Crippen LogP contribution >= 0.6 is 23.2 Å². The standard InChI is InChI=1S/C36H22Cl2N8O6/c37-23-5-1-3-7-25(23)43-31(47)19-9-13-21(14-10-19)41-33(49)27-29-35(51)46-18-40-28(30(46)36(52)45(29)17-39-27)34(50)42-22-15-11-20(12-16-22)32(48)44-26-8-4-2-6-24(26)38/h1-18H,(H,41,49)(H,42,50)(H,43,47)(H,44,48). The van der Waals surface area contributed by atoms with Gasteiger partial charge in [0.25, 0.3) is 34.7 Å². The van der Waals surface area contributed by atoms with Gasteiger partial charge in [-0.15, -0.1) is 0 Å². The highest BCUT2D eigenvalue weighted by molar-refractivity contribution is 6.34. The van der Waals surface area contributed by atoms with Crippen LogP contribution in [0.15, 0.2) is 119 Å². The molecule has 16 heteroatoms. The topological polar surface area (TPSA) is 185 Å². The van der Waals surface area contributed by atoms with Gasteiger partial charge in [-0.1, -0.05) is 47.5 Å². The molecule has 0 saturated carbocycles. The first-order valence-corrected chi connectivity index (χ1v) is 16.0. The van der Waals surface area contributed by atoms with E-state index in [2.05, 4.69) is 31.2 Å². The molecule has 0 saturated heterocycles. The Balaban J connectivity index is 1.07. The molecule has 3 heterocycles. The van der Waals surface area contributed by atoms with Gasteiger partial charge in [0.1, 0.15) is 23.7 Å². The second-order valence-electron chi connectivity index (χ2n) is 11.2. The quantitative estimate of drug-likeness (QED) is 0.159. The number of nitrogens with one attached hydrogen (secondary N) is 4. The third-order valence-corrected chi connectivity index (χ3v) is 8.52. The van der Waals surface area contributed by atoms with Crippen LogP contribution in [0.4, 0.5) is 22.7 Å². The van der Waals surface area contributed by atoms with Crippen molar-refractivity contribution in [2.24, 2.45) is 0 Å². The first kappa shape index (κ1) is 33.6. The Morgan fingerprint density at radius 3 is 1.21 bits per heavy atom. The third kappa shape index (κ3) is 6.42. The summed E-state index contributed by atoms with van der Waals surface area (Å²) in [5.41, 5.74) is -0.959. The summed E-state index contributed by atoms with van der Waals surface area (Å²) >= 11 is 12.2. The molecule has 0 aliphatic heterocycles. The molecule has 0 bridgehead atoms. The lowest BCUT2D eigenvalue weighted by Gasteiger charge is -2.08. The summed E-state index contributed by atoms with van der Waals surface area (Å²) < 4.78 is 1.75. The summed E-state index contributed by atoms with van der Waals surface area (Å²) in [6.07, 6.45) is 2.02. The lowest BCUT2D eigenvalue weighted by Crippen LogP contribution is -2.28. The fourth-order valence-electron chi connectivity index (χ4n) is 5.28. The fourth-order valence-corrected chi connectivity index (χ4v) is 5.64. The number of para-hydroxylation sites is 2. The van der Waals surface area contributed by atoms with Crippen molar-refractivity contribution in [3.8, 4) is 0 Å². The molecule has 0 aliphatic rings. The third-order valence-electron chi connectivity index (χ3n) is 7.86. The molecule has 0 unspecified atom stereocenters. The van der Waals surface area contributed by atoms with Crippen molar-refractivity contribution in [2.75, 3.05) is 21.3 Å². The maximum atomic E-state index is 13.5. The van der Waals surface area contributed by atoms with E-state index in [1.54, 1.807) is 48.5 Å². The number of hydrogen-bond donors (Lipinski definition) is 4. The minimum absolute atomic E-state index is 0.284. The summed E-state index contributed by atoms with van der Waals surface area (Å²) in [6, 6.07) is 25.4. The van der Waals surface area contributed by atoms with Crippen molar-refractivity contribution in [3.05, 3.63) is 163 Å². The molecule has 0 spiro atoms. The second kappa shape index (κ2) is 13.8. The van der Waals surface area contributed by atoms with Crippen molar-refractivity contribution in [1.82, 2.24) is 18.8 Å². The van der Waals surface area contributed by atoms with Gasteiger partial charge in [0, 0.05) is 22.5 Å². The average molecular weight is 734 g/mol. The zero-order valence-electron chi connectivity index (χ0n) is 26.4. The van der Waals surface area contributed by atoms with Crippen LogP contribution in [-0.4, -0.2) is 42.4 Å². The number of aromatic nitrogens is 4. The van der Waals surface area contributed by atoms with E-state index in [1.165, 1.54) is 48.5 Å². The molecule has 4 N–H and O–H groups in total. The monoisotopic (exact) mass is 732 g/mol. The largest absolute Gasteiger partial charge is 0.321 e. The van der Waals surface area contributed by atoms with Crippen LogP contribution in [0.2, 0.25) is 10.0 Å². The number of hydrogen-bond acceptors (Lipinski definition) is 8. The van der Waals surface area contributed by atoms with Crippen LogP contribution in [0.3, 0.4) is 0 Å². The van der Waals surface area contributed by atoms with Crippen LogP contribution in [0.1, 0.15) is 41.7 Å². The highest BCUT2D eigenvalue weighted by Gasteiger charge is 2.25. The molecule has 256 valence electrons. The minimum atomic E-state index is -0.815. The fraction of sp³-hybridized carbons (Fsp3) is 0. The van der Waals surface area contributed by atoms with Crippen LogP contribution in [0, 0.1) is 0 Å². The number of carbonyl (C=O) groups is 4. The Morgan fingerprint density at radius 2 is 0.846 bits per heavy atom. The SMILES string of the molecule is O=C(Nc1ccccc1Cl)c1ccc(NC(=O)c2ncn3c(=O)c4c(C(=O)Nc5ccc(C(=O)Nc6ccccc6Cl)cc5)ncn4c(=O)c23)cc1. The molecule has 0 atom stereocenters. The Hall–Kier alpha value is -6.90. The van der Waals surface area contributed by atoms with Crippen molar-refractivity contribution in [1.29, 1.82) is 0 Å². The molecule has 4 amide bonds. The van der Waals surface area contributed by atoms with Gasteiger partial charge in [0.15, 0.2) is 11.4 Å². The van der Waals surface area contributed by atoms with Crippen molar-refractivity contribution in [2.45, 2.75) is 0 Å². The zero-order chi connectivity index (χ0) is 36.5. The van der Waals surface area contributed by atoms with Gasteiger partial charge < -0.3 is 21.3 Å². The van der Waals surface area contributed by atoms with E-state index in [1.807, 2.05) is 0 Å². The van der Waals surface area contributed by atoms with E-state index in [9.17, 15) is 28.8 Å². The minimum Gasteiger partial charge on any atom is -0.321 e. The number of imidazole rings is 2.